The predicted octanol–water partition coefficient (Wildman–Crippen LogP) is 4.30. The Labute approximate surface area is 183 Å². The number of hydrogen-bond acceptors (Lipinski definition) is 4. The summed E-state index contributed by atoms with van der Waals surface area (Å²) >= 11 is 0. The maximum absolute atomic E-state index is 12.7. The van der Waals surface area contributed by atoms with Crippen LogP contribution in [0.1, 0.15) is 28.4 Å². The third kappa shape index (κ3) is 6.08. The number of hydrogen-bond donors (Lipinski definition) is 2. The van der Waals surface area contributed by atoms with E-state index in [2.05, 4.69) is 10.0 Å². The summed E-state index contributed by atoms with van der Waals surface area (Å²) in [6.07, 6.45) is 0. The average Bonchev–Trinajstić information content (AvgIpc) is 2.75. The Bertz CT molecular complexity index is 1160. The van der Waals surface area contributed by atoms with Crippen molar-refractivity contribution in [2.45, 2.75) is 31.7 Å². The number of ether oxygens (including phenoxy) is 1. The van der Waals surface area contributed by atoms with Gasteiger partial charge in [-0.3, -0.25) is 9.52 Å². The highest BCUT2D eigenvalue weighted by Gasteiger charge is 2.17. The molecule has 1 amide bonds. The Morgan fingerprint density at radius 1 is 0.968 bits per heavy atom. The molecule has 0 aliphatic rings. The number of anilines is 1. The third-order valence-corrected chi connectivity index (χ3v) is 6.05. The molecule has 0 radical (unpaired) electrons. The van der Waals surface area contributed by atoms with Crippen LogP contribution in [-0.2, 0) is 10.0 Å². The monoisotopic (exact) mass is 438 g/mol. The summed E-state index contributed by atoms with van der Waals surface area (Å²) < 4.78 is 33.7. The molecular formula is C24H26N2O4S. The normalized spacial score (nSPS) is 12.1. The molecule has 2 N–H and O–H groups in total. The van der Waals surface area contributed by atoms with Crippen molar-refractivity contribution in [2.24, 2.45) is 0 Å². The van der Waals surface area contributed by atoms with Crippen LogP contribution in [0.2, 0.25) is 0 Å². The average molecular weight is 439 g/mol. The minimum atomic E-state index is -3.82. The fourth-order valence-electron chi connectivity index (χ4n) is 2.92. The molecule has 0 aliphatic carbocycles. The highest BCUT2D eigenvalue weighted by atomic mass is 32.2. The highest BCUT2D eigenvalue weighted by Crippen LogP contribution is 2.18. The van der Waals surface area contributed by atoms with E-state index >= 15 is 0 Å². The predicted molar refractivity (Wildman–Crippen MR) is 122 cm³/mol. The van der Waals surface area contributed by atoms with Crippen molar-refractivity contribution >= 4 is 21.6 Å². The SMILES string of the molecule is Cc1ccc(NS(=O)(=O)c2cccc(C(=O)N[C@H](C)COc3ccccc3C)c2)cc1. The summed E-state index contributed by atoms with van der Waals surface area (Å²) in [7, 11) is -3.82. The molecule has 3 aromatic carbocycles. The quantitative estimate of drug-likeness (QED) is 0.549. The molecule has 0 saturated carbocycles. The topological polar surface area (TPSA) is 84.5 Å². The molecule has 0 fully saturated rings. The summed E-state index contributed by atoms with van der Waals surface area (Å²) in [5, 5.41) is 2.84. The summed E-state index contributed by atoms with van der Waals surface area (Å²) in [6, 6.07) is 20.4. The Hall–Kier alpha value is -3.32. The molecule has 7 heteroatoms. The second-order valence-corrected chi connectivity index (χ2v) is 9.13. The smallest absolute Gasteiger partial charge is 0.261 e. The van der Waals surface area contributed by atoms with Crippen LogP contribution in [0.4, 0.5) is 5.69 Å². The van der Waals surface area contributed by atoms with Crippen molar-refractivity contribution in [3.63, 3.8) is 0 Å². The number of carbonyl (C=O) groups is 1. The largest absolute Gasteiger partial charge is 0.491 e. The molecule has 162 valence electrons. The lowest BCUT2D eigenvalue weighted by molar-refractivity contribution is 0.0926. The van der Waals surface area contributed by atoms with E-state index in [1.54, 1.807) is 24.3 Å². The maximum Gasteiger partial charge on any atom is 0.261 e. The molecule has 3 aromatic rings. The number of benzene rings is 3. The molecule has 0 bridgehead atoms. The minimum Gasteiger partial charge on any atom is -0.491 e. The lowest BCUT2D eigenvalue weighted by Gasteiger charge is -2.16. The van der Waals surface area contributed by atoms with Crippen LogP contribution < -0.4 is 14.8 Å². The fraction of sp³-hybridized carbons (Fsp3) is 0.208. The molecule has 0 aliphatic heterocycles. The first-order valence-corrected chi connectivity index (χ1v) is 11.4. The maximum atomic E-state index is 12.7. The van der Waals surface area contributed by atoms with Gasteiger partial charge in [0.25, 0.3) is 15.9 Å². The molecule has 0 unspecified atom stereocenters. The third-order valence-electron chi connectivity index (χ3n) is 4.67. The summed E-state index contributed by atoms with van der Waals surface area (Å²) in [5.41, 5.74) is 2.76. The summed E-state index contributed by atoms with van der Waals surface area (Å²) in [4.78, 5) is 12.6. The van der Waals surface area contributed by atoms with Crippen molar-refractivity contribution in [1.82, 2.24) is 5.32 Å². The number of sulfonamides is 1. The van der Waals surface area contributed by atoms with Gasteiger partial charge in [0.1, 0.15) is 12.4 Å². The zero-order valence-electron chi connectivity index (χ0n) is 17.8. The van der Waals surface area contributed by atoms with E-state index < -0.39 is 10.0 Å². The first-order chi connectivity index (χ1) is 14.7. The van der Waals surface area contributed by atoms with E-state index in [-0.39, 0.29) is 22.4 Å². The second-order valence-electron chi connectivity index (χ2n) is 7.45. The minimum absolute atomic E-state index is 0.0181. The molecule has 1 atom stereocenters. The summed E-state index contributed by atoms with van der Waals surface area (Å²) in [6.45, 7) is 6.00. The number of para-hydroxylation sites is 1. The van der Waals surface area contributed by atoms with Crippen LogP contribution in [0.15, 0.2) is 77.7 Å². The fourth-order valence-corrected chi connectivity index (χ4v) is 4.03. The first kappa shape index (κ1) is 22.4. The van der Waals surface area contributed by atoms with Gasteiger partial charge in [-0.1, -0.05) is 42.0 Å². The van der Waals surface area contributed by atoms with Gasteiger partial charge in [-0.25, -0.2) is 8.42 Å². The lowest BCUT2D eigenvalue weighted by atomic mass is 10.2. The van der Waals surface area contributed by atoms with Crippen LogP contribution in [0.5, 0.6) is 5.75 Å². The Morgan fingerprint density at radius 3 is 2.39 bits per heavy atom. The van der Waals surface area contributed by atoms with Crippen molar-refractivity contribution in [2.75, 3.05) is 11.3 Å². The molecule has 3 rings (SSSR count). The van der Waals surface area contributed by atoms with Gasteiger partial charge in [0.05, 0.1) is 10.9 Å². The van der Waals surface area contributed by atoms with Crippen molar-refractivity contribution in [3.05, 3.63) is 89.5 Å². The number of rotatable bonds is 8. The van der Waals surface area contributed by atoms with Crippen LogP contribution in [0, 0.1) is 13.8 Å². The number of carbonyl (C=O) groups excluding carboxylic acids is 1. The lowest BCUT2D eigenvalue weighted by Crippen LogP contribution is -2.36. The summed E-state index contributed by atoms with van der Waals surface area (Å²) in [5.74, 6) is 0.395. The van der Waals surface area contributed by atoms with E-state index in [0.717, 1.165) is 16.9 Å². The van der Waals surface area contributed by atoms with E-state index in [1.165, 1.54) is 12.1 Å². The standard InChI is InChI=1S/C24H26N2O4S/c1-17-11-13-21(14-12-17)26-31(28,29)22-9-6-8-20(15-22)24(27)25-19(3)16-30-23-10-5-4-7-18(23)2/h4-15,19,26H,16H2,1-3H3,(H,25,27)/t19-/m1/s1. The molecule has 6 nitrogen and oxygen atoms in total. The van der Waals surface area contributed by atoms with Crippen LogP contribution in [0.25, 0.3) is 0 Å². The molecule has 31 heavy (non-hydrogen) atoms. The van der Waals surface area contributed by atoms with E-state index in [1.807, 2.05) is 57.2 Å². The van der Waals surface area contributed by atoms with Crippen molar-refractivity contribution in [3.8, 4) is 5.75 Å². The number of amides is 1. The van der Waals surface area contributed by atoms with Crippen LogP contribution in [-0.4, -0.2) is 27.0 Å². The van der Waals surface area contributed by atoms with Gasteiger partial charge in [0.15, 0.2) is 0 Å². The first-order valence-electron chi connectivity index (χ1n) is 9.93. The molecular weight excluding hydrogens is 412 g/mol. The van der Waals surface area contributed by atoms with E-state index in [9.17, 15) is 13.2 Å². The molecule has 0 aromatic heterocycles. The highest BCUT2D eigenvalue weighted by molar-refractivity contribution is 7.92. The zero-order chi connectivity index (χ0) is 22.4. The van der Waals surface area contributed by atoms with Gasteiger partial charge >= 0.3 is 0 Å². The van der Waals surface area contributed by atoms with Gasteiger partial charge in [-0.2, -0.15) is 0 Å². The van der Waals surface area contributed by atoms with Crippen LogP contribution >= 0.6 is 0 Å². The van der Waals surface area contributed by atoms with Crippen LogP contribution in [0.3, 0.4) is 0 Å². The van der Waals surface area contributed by atoms with Gasteiger partial charge in [0, 0.05) is 11.3 Å². The molecule has 0 spiro atoms. The van der Waals surface area contributed by atoms with Crippen molar-refractivity contribution < 1.29 is 17.9 Å². The number of aryl methyl sites for hydroxylation is 2. The second kappa shape index (κ2) is 9.66. The number of nitrogens with one attached hydrogen (secondary N) is 2. The molecule has 0 saturated heterocycles. The van der Waals surface area contributed by atoms with Gasteiger partial charge in [-0.15, -0.1) is 0 Å². The van der Waals surface area contributed by atoms with E-state index in [4.69, 9.17) is 4.74 Å². The van der Waals surface area contributed by atoms with Gasteiger partial charge in [0.2, 0.25) is 0 Å². The van der Waals surface area contributed by atoms with Crippen molar-refractivity contribution in [1.29, 1.82) is 0 Å². The Morgan fingerprint density at radius 2 is 1.68 bits per heavy atom. The van der Waals surface area contributed by atoms with E-state index in [0.29, 0.717) is 12.3 Å². The Kier molecular flexibility index (Phi) is 6.97. The zero-order valence-corrected chi connectivity index (χ0v) is 18.6. The van der Waals surface area contributed by atoms with Gasteiger partial charge in [-0.05, 0) is 62.7 Å². The van der Waals surface area contributed by atoms with Gasteiger partial charge < -0.3 is 10.1 Å². The molecule has 0 heterocycles. The Balaban J connectivity index is 1.65.